The molecule has 1 N–H and O–H groups in total. The minimum atomic E-state index is -0.520. The predicted molar refractivity (Wildman–Crippen MR) is 74.9 cm³/mol. The first-order chi connectivity index (χ1) is 7.87. The molecule has 1 fully saturated rings. The number of halogens is 1. The molecule has 7 heteroatoms. The fourth-order valence-corrected chi connectivity index (χ4v) is 2.84. The van der Waals surface area contributed by atoms with E-state index in [1.165, 1.54) is 9.21 Å². The van der Waals surface area contributed by atoms with Gasteiger partial charge in [-0.25, -0.2) is 4.79 Å². The van der Waals surface area contributed by atoms with Gasteiger partial charge in [-0.3, -0.25) is 0 Å². The smallest absolute Gasteiger partial charge is 0.410 e. The van der Waals surface area contributed by atoms with E-state index in [1.807, 2.05) is 42.0 Å². The van der Waals surface area contributed by atoms with Crippen LogP contribution in [0.4, 0.5) is 4.79 Å². The molecule has 1 amide bonds. The molecular formula is C10H18INO4S. The fourth-order valence-electron chi connectivity index (χ4n) is 1.71. The number of ether oxygens (including phenoxy) is 1. The van der Waals surface area contributed by atoms with Crippen LogP contribution in [0.2, 0.25) is 0 Å². The maximum absolute atomic E-state index is 11.9. The number of carbonyl (C=O) groups excluding carboxylic acids is 1. The van der Waals surface area contributed by atoms with Crippen molar-refractivity contribution >= 4 is 36.5 Å². The second kappa shape index (κ2) is 6.44. The molecule has 100 valence electrons. The van der Waals surface area contributed by atoms with Crippen LogP contribution in [-0.4, -0.2) is 47.0 Å². The molecule has 0 spiro atoms. The molecule has 1 aliphatic rings. The Labute approximate surface area is 118 Å². The molecule has 1 rings (SSSR count). The molecule has 0 radical (unpaired) electrons. The largest absolute Gasteiger partial charge is 0.444 e. The van der Waals surface area contributed by atoms with Crippen LogP contribution in [0.15, 0.2) is 0 Å². The highest BCUT2D eigenvalue weighted by atomic mass is 127. The summed E-state index contributed by atoms with van der Waals surface area (Å²) < 4.78 is 10.7. The third-order valence-electron chi connectivity index (χ3n) is 2.39. The van der Waals surface area contributed by atoms with Gasteiger partial charge in [0.05, 0.1) is 34.5 Å². The van der Waals surface area contributed by atoms with Crippen molar-refractivity contribution in [2.24, 2.45) is 0 Å². The van der Waals surface area contributed by atoms with E-state index in [9.17, 15) is 9.90 Å². The summed E-state index contributed by atoms with van der Waals surface area (Å²) in [7, 11) is 1.25. The van der Waals surface area contributed by atoms with E-state index in [2.05, 4.69) is 0 Å². The van der Waals surface area contributed by atoms with Crippen LogP contribution in [0.25, 0.3) is 0 Å². The van der Waals surface area contributed by atoms with Gasteiger partial charge in [0.2, 0.25) is 0 Å². The number of likely N-dealkylation sites (tertiary alicyclic amines) is 1. The van der Waals surface area contributed by atoms with Gasteiger partial charge in [0, 0.05) is 21.2 Å². The predicted octanol–water partition coefficient (Wildman–Crippen LogP) is 2.37. The fraction of sp³-hybridized carbons (Fsp3) is 0.900. The summed E-state index contributed by atoms with van der Waals surface area (Å²) in [5.74, 6) is 0. The van der Waals surface area contributed by atoms with Crippen molar-refractivity contribution in [2.75, 3.05) is 13.2 Å². The summed E-state index contributed by atoms with van der Waals surface area (Å²) in [5.41, 5.74) is -0.520. The lowest BCUT2D eigenvalue weighted by atomic mass is 10.2. The summed E-state index contributed by atoms with van der Waals surface area (Å²) in [5, 5.41) is 9.26. The number of carbonyl (C=O) groups is 1. The molecule has 0 unspecified atom stereocenters. The zero-order chi connectivity index (χ0) is 13.1. The van der Waals surface area contributed by atoms with Crippen LogP contribution in [0.3, 0.4) is 0 Å². The highest BCUT2D eigenvalue weighted by Crippen LogP contribution is 2.27. The first kappa shape index (κ1) is 15.3. The molecule has 0 aromatic rings. The summed E-state index contributed by atoms with van der Waals surface area (Å²) in [6.07, 6.45) is 0.217. The number of nitrogens with zero attached hydrogens (tertiary/aromatic N) is 1. The lowest BCUT2D eigenvalue weighted by molar-refractivity contribution is 0.0167. The molecule has 0 saturated carbocycles. The zero-order valence-corrected chi connectivity index (χ0v) is 13.2. The Morgan fingerprint density at radius 2 is 2.24 bits per heavy atom. The summed E-state index contributed by atoms with van der Waals surface area (Å²) >= 11 is 2.04. The van der Waals surface area contributed by atoms with Crippen LogP contribution >= 0.6 is 30.4 Å². The number of aliphatic hydroxyl groups excluding tert-OH is 1. The van der Waals surface area contributed by atoms with Crippen LogP contribution in [-0.2, 0) is 8.92 Å². The van der Waals surface area contributed by atoms with Gasteiger partial charge in [-0.2, -0.15) is 0 Å². The quantitative estimate of drug-likeness (QED) is 0.606. The Hall–Kier alpha value is 0.270. The van der Waals surface area contributed by atoms with Crippen molar-refractivity contribution in [1.29, 1.82) is 0 Å². The Morgan fingerprint density at radius 3 is 2.71 bits per heavy atom. The topological polar surface area (TPSA) is 59.0 Å². The number of aliphatic hydroxyl groups is 1. The number of hydrogen-bond acceptors (Lipinski definition) is 5. The summed E-state index contributed by atoms with van der Waals surface area (Å²) in [6, 6.07) is -0.210. The van der Waals surface area contributed by atoms with Crippen molar-refractivity contribution in [3.05, 3.63) is 0 Å². The van der Waals surface area contributed by atoms with Gasteiger partial charge in [-0.15, -0.1) is 0 Å². The molecule has 1 saturated heterocycles. The Morgan fingerprint density at radius 1 is 1.59 bits per heavy atom. The van der Waals surface area contributed by atoms with Gasteiger partial charge >= 0.3 is 6.09 Å². The molecule has 5 nitrogen and oxygen atoms in total. The molecule has 1 heterocycles. The SMILES string of the molecule is CC(C)(C)OC(=O)N1C[C@H](OSI)C[C@H]1CO. The second-order valence-corrected chi connectivity index (χ2v) is 6.38. The average Bonchev–Trinajstić information content (AvgIpc) is 2.59. The minimum absolute atomic E-state index is 0.0402. The van der Waals surface area contributed by atoms with Crippen molar-refractivity contribution < 1.29 is 18.8 Å². The Kier molecular flexibility index (Phi) is 5.81. The summed E-state index contributed by atoms with van der Waals surface area (Å²) in [4.78, 5) is 13.5. The van der Waals surface area contributed by atoms with E-state index in [-0.39, 0.29) is 24.8 Å². The highest BCUT2D eigenvalue weighted by molar-refractivity contribution is 14.2. The van der Waals surface area contributed by atoms with E-state index < -0.39 is 5.60 Å². The zero-order valence-electron chi connectivity index (χ0n) is 10.2. The van der Waals surface area contributed by atoms with Crippen LogP contribution < -0.4 is 0 Å². The molecular weight excluding hydrogens is 357 g/mol. The van der Waals surface area contributed by atoms with Gasteiger partial charge in [0.15, 0.2) is 0 Å². The van der Waals surface area contributed by atoms with E-state index in [0.717, 1.165) is 0 Å². The van der Waals surface area contributed by atoms with Crippen molar-refractivity contribution in [2.45, 2.75) is 44.9 Å². The maximum Gasteiger partial charge on any atom is 0.410 e. The van der Waals surface area contributed by atoms with E-state index in [4.69, 9.17) is 8.92 Å². The van der Waals surface area contributed by atoms with Crippen molar-refractivity contribution in [3.8, 4) is 0 Å². The monoisotopic (exact) mass is 375 g/mol. The van der Waals surface area contributed by atoms with Crippen LogP contribution in [0.5, 0.6) is 0 Å². The lowest BCUT2D eigenvalue weighted by Crippen LogP contribution is -2.41. The van der Waals surface area contributed by atoms with Crippen LogP contribution in [0.1, 0.15) is 27.2 Å². The summed E-state index contributed by atoms with van der Waals surface area (Å²) in [6.45, 7) is 5.87. The number of hydrogen-bond donors (Lipinski definition) is 1. The van der Waals surface area contributed by atoms with Gasteiger partial charge in [0.25, 0.3) is 0 Å². The average molecular weight is 375 g/mol. The van der Waals surface area contributed by atoms with Gasteiger partial charge in [0.1, 0.15) is 5.60 Å². The van der Waals surface area contributed by atoms with E-state index >= 15 is 0 Å². The van der Waals surface area contributed by atoms with E-state index in [1.54, 1.807) is 4.90 Å². The second-order valence-electron chi connectivity index (χ2n) is 4.99. The van der Waals surface area contributed by atoms with Gasteiger partial charge < -0.3 is 18.9 Å². The first-order valence-electron chi connectivity index (χ1n) is 5.42. The van der Waals surface area contributed by atoms with Gasteiger partial charge in [-0.05, 0) is 27.2 Å². The highest BCUT2D eigenvalue weighted by Gasteiger charge is 2.37. The lowest BCUT2D eigenvalue weighted by Gasteiger charge is -2.27. The molecule has 17 heavy (non-hydrogen) atoms. The molecule has 0 aliphatic carbocycles. The maximum atomic E-state index is 11.9. The third kappa shape index (κ3) is 4.80. The number of rotatable bonds is 3. The molecule has 0 bridgehead atoms. The van der Waals surface area contributed by atoms with Crippen LogP contribution in [0, 0.1) is 0 Å². The van der Waals surface area contributed by atoms with E-state index in [0.29, 0.717) is 13.0 Å². The Balaban J connectivity index is 2.59. The normalized spacial score (nSPS) is 25.1. The standard InChI is InChI=1S/C10H18INO4S/c1-10(2,3)15-9(14)12-5-8(16-17-11)4-7(12)6-13/h7-8,13H,4-6H2,1-3H3/t7-,8+/m0/s1. The molecule has 1 aliphatic heterocycles. The van der Waals surface area contributed by atoms with Crippen molar-refractivity contribution in [3.63, 3.8) is 0 Å². The third-order valence-corrected chi connectivity index (χ3v) is 3.35. The Bertz CT molecular complexity index is 272. The first-order valence-corrected chi connectivity index (χ1v) is 8.70. The molecule has 0 aromatic carbocycles. The molecule has 2 atom stereocenters. The minimum Gasteiger partial charge on any atom is -0.444 e. The molecule has 0 aromatic heterocycles. The van der Waals surface area contributed by atoms with Crippen molar-refractivity contribution in [1.82, 2.24) is 4.90 Å². The number of amides is 1. The van der Waals surface area contributed by atoms with Gasteiger partial charge in [-0.1, -0.05) is 0 Å².